The lowest BCUT2D eigenvalue weighted by Gasteiger charge is -2.16. The second-order valence-electron chi connectivity index (χ2n) is 4.94. The van der Waals surface area contributed by atoms with Crippen molar-refractivity contribution in [3.63, 3.8) is 0 Å². The molecule has 0 heterocycles. The lowest BCUT2D eigenvalue weighted by atomic mass is 10.1. The Morgan fingerprint density at radius 3 is 2.68 bits per heavy atom. The van der Waals surface area contributed by atoms with Gasteiger partial charge in [-0.25, -0.2) is 0 Å². The second-order valence-corrected chi connectivity index (χ2v) is 4.94. The Kier molecular flexibility index (Phi) is 6.43. The van der Waals surface area contributed by atoms with Crippen LogP contribution in [-0.2, 0) is 0 Å². The fourth-order valence-electron chi connectivity index (χ4n) is 2.17. The lowest BCUT2D eigenvalue weighted by Crippen LogP contribution is -2.26. The number of benzene rings is 2. The van der Waals surface area contributed by atoms with Crippen LogP contribution in [0.25, 0.3) is 0 Å². The van der Waals surface area contributed by atoms with Gasteiger partial charge in [0, 0.05) is 0 Å². The van der Waals surface area contributed by atoms with Crippen LogP contribution < -0.4 is 10.1 Å². The topological polar surface area (TPSA) is 65.3 Å². The Balaban J connectivity index is 1.71. The van der Waals surface area contributed by atoms with E-state index in [1.807, 2.05) is 42.5 Å². The van der Waals surface area contributed by atoms with Crippen LogP contribution in [0.3, 0.4) is 0 Å². The molecule has 0 amide bonds. The van der Waals surface area contributed by atoms with Crippen molar-refractivity contribution in [1.82, 2.24) is 5.32 Å². The van der Waals surface area contributed by atoms with E-state index in [0.29, 0.717) is 17.9 Å². The van der Waals surface area contributed by atoms with Crippen molar-refractivity contribution in [3.8, 4) is 11.8 Å². The van der Waals surface area contributed by atoms with Crippen LogP contribution >= 0.6 is 0 Å². The molecule has 0 radical (unpaired) electrons. The fraction of sp³-hybridized carbons (Fsp3) is 0.278. The molecule has 2 aromatic rings. The van der Waals surface area contributed by atoms with E-state index in [9.17, 15) is 5.11 Å². The first-order valence-corrected chi connectivity index (χ1v) is 7.35. The van der Waals surface area contributed by atoms with Gasteiger partial charge in [0.05, 0.1) is 30.9 Å². The highest BCUT2D eigenvalue weighted by Gasteiger charge is 2.08. The van der Waals surface area contributed by atoms with Gasteiger partial charge in [-0.3, -0.25) is 0 Å². The summed E-state index contributed by atoms with van der Waals surface area (Å²) in [6.45, 7) is 1.38. The smallest absolute Gasteiger partial charge is 0.120 e. The number of hydrogen-bond donors (Lipinski definition) is 2. The molecule has 0 aromatic heterocycles. The largest absolute Gasteiger partial charge is 0.494 e. The molecule has 2 N–H and O–H groups in total. The molecule has 0 saturated carbocycles. The van der Waals surface area contributed by atoms with E-state index in [1.165, 1.54) is 0 Å². The zero-order chi connectivity index (χ0) is 15.6. The van der Waals surface area contributed by atoms with Gasteiger partial charge in [-0.15, -0.1) is 0 Å². The number of aliphatic hydroxyl groups excluding tert-OH is 1. The van der Waals surface area contributed by atoms with Gasteiger partial charge >= 0.3 is 0 Å². The molecule has 4 nitrogen and oxygen atoms in total. The highest BCUT2D eigenvalue weighted by Crippen LogP contribution is 2.13. The van der Waals surface area contributed by atoms with Crippen LogP contribution in [0.1, 0.15) is 23.6 Å². The van der Waals surface area contributed by atoms with Gasteiger partial charge < -0.3 is 15.2 Å². The van der Waals surface area contributed by atoms with Crippen molar-refractivity contribution in [2.75, 3.05) is 19.8 Å². The fourth-order valence-corrected chi connectivity index (χ4v) is 2.17. The Bertz CT molecular complexity index is 608. The van der Waals surface area contributed by atoms with Crippen molar-refractivity contribution in [3.05, 3.63) is 65.7 Å². The van der Waals surface area contributed by atoms with Crippen molar-refractivity contribution in [2.24, 2.45) is 0 Å². The zero-order valence-corrected chi connectivity index (χ0v) is 12.4. The van der Waals surface area contributed by atoms with Gasteiger partial charge in [-0.2, -0.15) is 5.26 Å². The summed E-state index contributed by atoms with van der Waals surface area (Å²) in [5, 5.41) is 21.6. The van der Waals surface area contributed by atoms with Crippen LogP contribution in [-0.4, -0.2) is 24.9 Å². The Hall–Kier alpha value is -2.35. The molecule has 0 spiro atoms. The molecule has 0 aliphatic heterocycles. The van der Waals surface area contributed by atoms with E-state index in [-0.39, 0.29) is 12.6 Å². The summed E-state index contributed by atoms with van der Waals surface area (Å²) in [4.78, 5) is 0. The quantitative estimate of drug-likeness (QED) is 0.735. The molecule has 0 saturated heterocycles. The van der Waals surface area contributed by atoms with E-state index in [2.05, 4.69) is 11.4 Å². The number of aliphatic hydroxyl groups is 1. The van der Waals surface area contributed by atoms with E-state index >= 15 is 0 Å². The van der Waals surface area contributed by atoms with Crippen LogP contribution in [0.15, 0.2) is 54.6 Å². The maximum atomic E-state index is 9.45. The van der Waals surface area contributed by atoms with Crippen molar-refractivity contribution in [1.29, 1.82) is 5.26 Å². The number of nitrogens with zero attached hydrogens (tertiary/aromatic N) is 1. The van der Waals surface area contributed by atoms with E-state index in [0.717, 1.165) is 18.5 Å². The monoisotopic (exact) mass is 296 g/mol. The van der Waals surface area contributed by atoms with Gasteiger partial charge in [0.25, 0.3) is 0 Å². The summed E-state index contributed by atoms with van der Waals surface area (Å²) in [5.74, 6) is 0.709. The molecule has 1 atom stereocenters. The number of nitrogens with one attached hydrogen (secondary N) is 1. The minimum atomic E-state index is -0.0527. The molecule has 0 fully saturated rings. The highest BCUT2D eigenvalue weighted by atomic mass is 16.5. The summed E-state index contributed by atoms with van der Waals surface area (Å²) in [7, 11) is 0. The molecular weight excluding hydrogens is 276 g/mol. The molecule has 0 aliphatic carbocycles. The molecule has 4 heteroatoms. The first-order chi connectivity index (χ1) is 10.8. The Labute approximate surface area is 131 Å². The molecule has 0 unspecified atom stereocenters. The summed E-state index contributed by atoms with van der Waals surface area (Å²) in [5.41, 5.74) is 1.67. The Morgan fingerprint density at radius 2 is 1.95 bits per heavy atom. The third kappa shape index (κ3) is 4.88. The number of rotatable bonds is 8. The predicted molar refractivity (Wildman–Crippen MR) is 85.5 cm³/mol. The SMILES string of the molecule is N#Cc1cccc(OCCCN[C@@H](CO)c2ccccc2)c1. The maximum Gasteiger partial charge on any atom is 0.120 e. The van der Waals surface area contributed by atoms with Crippen LogP contribution in [0, 0.1) is 11.3 Å². The predicted octanol–water partition coefficient (Wildman–Crippen LogP) is 2.65. The van der Waals surface area contributed by atoms with Crippen LogP contribution in [0.5, 0.6) is 5.75 Å². The van der Waals surface area contributed by atoms with E-state index in [1.54, 1.807) is 12.1 Å². The number of nitriles is 1. The van der Waals surface area contributed by atoms with Gasteiger partial charge in [0.1, 0.15) is 5.75 Å². The van der Waals surface area contributed by atoms with Gasteiger partial charge in [-0.05, 0) is 36.7 Å². The maximum absolute atomic E-state index is 9.45. The lowest BCUT2D eigenvalue weighted by molar-refractivity contribution is 0.239. The van der Waals surface area contributed by atoms with E-state index < -0.39 is 0 Å². The number of hydrogen-bond acceptors (Lipinski definition) is 4. The third-order valence-electron chi connectivity index (χ3n) is 3.33. The van der Waals surface area contributed by atoms with Crippen molar-refractivity contribution < 1.29 is 9.84 Å². The average Bonchev–Trinajstić information content (AvgIpc) is 2.59. The minimum absolute atomic E-state index is 0.0527. The first kappa shape index (κ1) is 16.0. The normalized spacial score (nSPS) is 11.6. The van der Waals surface area contributed by atoms with Crippen molar-refractivity contribution in [2.45, 2.75) is 12.5 Å². The molecular formula is C18H20N2O2. The molecule has 114 valence electrons. The molecule has 2 aromatic carbocycles. The van der Waals surface area contributed by atoms with E-state index in [4.69, 9.17) is 10.00 Å². The third-order valence-corrected chi connectivity index (χ3v) is 3.33. The minimum Gasteiger partial charge on any atom is -0.494 e. The molecule has 22 heavy (non-hydrogen) atoms. The average molecular weight is 296 g/mol. The molecule has 0 aliphatic rings. The standard InChI is InChI=1S/C18H20N2O2/c19-13-15-6-4-9-17(12-15)22-11-5-10-20-18(14-21)16-7-2-1-3-8-16/h1-4,6-9,12,18,20-21H,5,10-11,14H2/t18-/m0/s1. The first-order valence-electron chi connectivity index (χ1n) is 7.35. The second kappa shape index (κ2) is 8.83. The van der Waals surface area contributed by atoms with Gasteiger partial charge in [0.15, 0.2) is 0 Å². The summed E-state index contributed by atoms with van der Waals surface area (Å²) in [6.07, 6.45) is 0.820. The summed E-state index contributed by atoms with van der Waals surface area (Å²) in [6, 6.07) is 19.0. The zero-order valence-electron chi connectivity index (χ0n) is 12.4. The molecule has 2 rings (SSSR count). The van der Waals surface area contributed by atoms with Crippen LogP contribution in [0.2, 0.25) is 0 Å². The number of ether oxygens (including phenoxy) is 1. The summed E-state index contributed by atoms with van der Waals surface area (Å²) < 4.78 is 5.62. The Morgan fingerprint density at radius 1 is 1.14 bits per heavy atom. The molecule has 0 bridgehead atoms. The van der Waals surface area contributed by atoms with Gasteiger partial charge in [0.2, 0.25) is 0 Å². The van der Waals surface area contributed by atoms with Gasteiger partial charge in [-0.1, -0.05) is 36.4 Å². The highest BCUT2D eigenvalue weighted by molar-refractivity contribution is 5.36. The van der Waals surface area contributed by atoms with Crippen LogP contribution in [0.4, 0.5) is 0 Å². The summed E-state index contributed by atoms with van der Waals surface area (Å²) >= 11 is 0. The van der Waals surface area contributed by atoms with Crippen molar-refractivity contribution >= 4 is 0 Å².